The second kappa shape index (κ2) is 7.61. The number of guanidine groups is 1. The van der Waals surface area contributed by atoms with E-state index in [0.29, 0.717) is 18.5 Å². The van der Waals surface area contributed by atoms with Gasteiger partial charge in [-0.25, -0.2) is 0 Å². The van der Waals surface area contributed by atoms with Crippen molar-refractivity contribution in [2.45, 2.75) is 38.5 Å². The number of nitrogens with zero attached hydrogens (tertiary/aromatic N) is 2. The van der Waals surface area contributed by atoms with Crippen LogP contribution >= 0.6 is 24.0 Å². The highest BCUT2D eigenvalue weighted by molar-refractivity contribution is 14.0. The minimum Gasteiger partial charge on any atom is -0.356 e. The van der Waals surface area contributed by atoms with E-state index in [1.807, 2.05) is 0 Å². The maximum atomic E-state index is 12.7. The molecule has 1 aliphatic heterocycles. The number of hydrogen-bond donors (Lipinski definition) is 2. The van der Waals surface area contributed by atoms with Crippen LogP contribution in [-0.4, -0.2) is 49.4 Å². The molecule has 4 unspecified atom stereocenters. The Bertz CT molecular complexity index is 683. The quantitative estimate of drug-likeness (QED) is 0.194. The molecule has 7 heteroatoms. The molecule has 4 fully saturated rings. The number of rotatable bonds is 6. The average molecular weight is 498 g/mol. The van der Waals surface area contributed by atoms with Crippen LogP contribution in [0.25, 0.3) is 0 Å². The summed E-state index contributed by atoms with van der Waals surface area (Å²) in [7, 11) is 1.78. The Morgan fingerprint density at radius 1 is 1.14 bits per heavy atom. The average Bonchev–Trinajstić information content (AvgIpc) is 3.19. The molecule has 2 amide bonds. The third-order valence-corrected chi connectivity index (χ3v) is 7.81. The molecule has 28 heavy (non-hydrogen) atoms. The third kappa shape index (κ3) is 3.17. The number of imide groups is 1. The highest BCUT2D eigenvalue weighted by atomic mass is 127. The van der Waals surface area contributed by atoms with E-state index in [4.69, 9.17) is 0 Å². The fourth-order valence-electron chi connectivity index (χ4n) is 6.01. The second-order valence-corrected chi connectivity index (χ2v) is 9.17. The molecule has 3 saturated carbocycles. The molecule has 2 bridgehead atoms. The van der Waals surface area contributed by atoms with Crippen LogP contribution in [-0.2, 0) is 9.59 Å². The Morgan fingerprint density at radius 2 is 1.79 bits per heavy atom. The van der Waals surface area contributed by atoms with Crippen LogP contribution in [0.15, 0.2) is 17.1 Å². The van der Waals surface area contributed by atoms with E-state index >= 15 is 0 Å². The lowest BCUT2D eigenvalue weighted by Crippen LogP contribution is -2.49. The van der Waals surface area contributed by atoms with Gasteiger partial charge in [0.05, 0.1) is 11.8 Å². The minimum absolute atomic E-state index is 0. The number of nitrogens with one attached hydrogen (secondary N) is 2. The van der Waals surface area contributed by atoms with Gasteiger partial charge in [-0.15, -0.1) is 24.0 Å². The van der Waals surface area contributed by atoms with Crippen molar-refractivity contribution in [3.05, 3.63) is 12.2 Å². The molecule has 2 N–H and O–H groups in total. The van der Waals surface area contributed by atoms with Crippen molar-refractivity contribution >= 4 is 41.8 Å². The zero-order chi connectivity index (χ0) is 18.6. The summed E-state index contributed by atoms with van der Waals surface area (Å²) in [6.45, 7) is 1.96. The van der Waals surface area contributed by atoms with Crippen LogP contribution in [0.4, 0.5) is 0 Å². The third-order valence-electron chi connectivity index (χ3n) is 7.81. The smallest absolute Gasteiger partial charge is 0.233 e. The molecule has 1 saturated heterocycles. The Hall–Kier alpha value is -1.12. The van der Waals surface area contributed by atoms with Crippen molar-refractivity contribution in [1.29, 1.82) is 0 Å². The van der Waals surface area contributed by atoms with E-state index in [2.05, 4.69) is 27.8 Å². The lowest BCUT2D eigenvalue weighted by atomic mass is 9.65. The van der Waals surface area contributed by atoms with Gasteiger partial charge in [0.2, 0.25) is 11.8 Å². The summed E-state index contributed by atoms with van der Waals surface area (Å²) in [6.07, 6.45) is 12.0. The second-order valence-electron chi connectivity index (χ2n) is 9.17. The molecule has 1 heterocycles. The number of carbonyl (C=O) groups excluding carboxylic acids is 2. The molecule has 5 aliphatic rings. The van der Waals surface area contributed by atoms with Gasteiger partial charge in [-0.3, -0.25) is 19.5 Å². The lowest BCUT2D eigenvalue weighted by Gasteiger charge is -2.43. The summed E-state index contributed by atoms with van der Waals surface area (Å²) in [6, 6.07) is 0. The van der Waals surface area contributed by atoms with Crippen LogP contribution in [0.2, 0.25) is 0 Å². The molecule has 0 aromatic heterocycles. The maximum Gasteiger partial charge on any atom is 0.233 e. The Balaban J connectivity index is 0.00000192. The summed E-state index contributed by atoms with van der Waals surface area (Å²) in [4.78, 5) is 31.2. The Labute approximate surface area is 184 Å². The number of halogens is 1. The summed E-state index contributed by atoms with van der Waals surface area (Å²) in [5.41, 5.74) is 0.488. The number of carbonyl (C=O) groups is 2. The summed E-state index contributed by atoms with van der Waals surface area (Å²) >= 11 is 0. The van der Waals surface area contributed by atoms with Gasteiger partial charge in [-0.05, 0) is 55.3 Å². The van der Waals surface area contributed by atoms with Gasteiger partial charge in [0.1, 0.15) is 0 Å². The monoisotopic (exact) mass is 498 g/mol. The number of allylic oxidation sites excluding steroid dienone is 2. The van der Waals surface area contributed by atoms with Crippen molar-refractivity contribution in [2.75, 3.05) is 26.7 Å². The molecular weight excluding hydrogens is 467 g/mol. The highest BCUT2D eigenvalue weighted by Crippen LogP contribution is 2.56. The fourth-order valence-corrected chi connectivity index (χ4v) is 6.01. The first-order valence-electron chi connectivity index (χ1n) is 10.6. The molecule has 0 aromatic carbocycles. The highest BCUT2D eigenvalue weighted by Gasteiger charge is 2.59. The molecular formula is C21H31IN4O2. The van der Waals surface area contributed by atoms with Crippen molar-refractivity contribution < 1.29 is 9.59 Å². The van der Waals surface area contributed by atoms with E-state index in [0.717, 1.165) is 24.8 Å². The number of hydrogen-bond acceptors (Lipinski definition) is 3. The van der Waals surface area contributed by atoms with Gasteiger partial charge < -0.3 is 10.6 Å². The maximum absolute atomic E-state index is 12.7. The first-order valence-corrected chi connectivity index (χ1v) is 10.6. The van der Waals surface area contributed by atoms with Crippen LogP contribution in [0.3, 0.4) is 0 Å². The Morgan fingerprint density at radius 3 is 2.29 bits per heavy atom. The Kier molecular flexibility index (Phi) is 5.48. The van der Waals surface area contributed by atoms with Gasteiger partial charge in [0.15, 0.2) is 5.96 Å². The summed E-state index contributed by atoms with van der Waals surface area (Å²) in [5.74, 6) is 2.13. The van der Waals surface area contributed by atoms with Gasteiger partial charge >= 0.3 is 0 Å². The molecule has 0 aromatic rings. The molecule has 4 aliphatic carbocycles. The first kappa shape index (κ1) is 20.2. The number of aliphatic imine (C=N–C) groups is 1. The molecule has 4 atom stereocenters. The lowest BCUT2D eigenvalue weighted by molar-refractivity contribution is -0.140. The minimum atomic E-state index is -0.0954. The van der Waals surface area contributed by atoms with Gasteiger partial charge in [0, 0.05) is 26.7 Å². The molecule has 0 radical (unpaired) electrons. The van der Waals surface area contributed by atoms with Crippen molar-refractivity contribution in [3.8, 4) is 0 Å². The molecule has 154 valence electrons. The summed E-state index contributed by atoms with van der Waals surface area (Å²) < 4.78 is 0. The zero-order valence-corrected chi connectivity index (χ0v) is 18.9. The number of amides is 2. The largest absolute Gasteiger partial charge is 0.356 e. The fraction of sp³-hybridized carbons (Fsp3) is 0.762. The molecule has 5 rings (SSSR count). The predicted octanol–water partition coefficient (Wildman–Crippen LogP) is 2.16. The van der Waals surface area contributed by atoms with Crippen molar-refractivity contribution in [3.63, 3.8) is 0 Å². The van der Waals surface area contributed by atoms with Gasteiger partial charge in [-0.2, -0.15) is 0 Å². The normalized spacial score (nSPS) is 34.9. The topological polar surface area (TPSA) is 73.8 Å². The van der Waals surface area contributed by atoms with Crippen LogP contribution in [0.1, 0.15) is 38.5 Å². The predicted molar refractivity (Wildman–Crippen MR) is 118 cm³/mol. The van der Waals surface area contributed by atoms with Crippen LogP contribution in [0.5, 0.6) is 0 Å². The van der Waals surface area contributed by atoms with E-state index in [-0.39, 0.29) is 59.5 Å². The van der Waals surface area contributed by atoms with E-state index in [9.17, 15) is 9.59 Å². The SMILES string of the molecule is CN=C(NCCN1C(=O)C2C3C=CC(C3)C2C1=O)NCC1(C2CC2)CCC1.I. The van der Waals surface area contributed by atoms with Crippen LogP contribution in [0, 0.1) is 35.0 Å². The number of likely N-dealkylation sites (tertiary alicyclic amines) is 1. The van der Waals surface area contributed by atoms with Gasteiger partial charge in [-0.1, -0.05) is 18.6 Å². The van der Waals surface area contributed by atoms with Crippen LogP contribution < -0.4 is 10.6 Å². The molecule has 6 nitrogen and oxygen atoms in total. The molecule has 0 spiro atoms. The van der Waals surface area contributed by atoms with E-state index < -0.39 is 0 Å². The van der Waals surface area contributed by atoms with Crippen molar-refractivity contribution in [2.24, 2.45) is 40.0 Å². The summed E-state index contributed by atoms with van der Waals surface area (Å²) in [5, 5.41) is 6.78. The standard InChI is InChI=1S/C21H30N4O2.HI/c1-22-20(24-12-21(7-2-8-21)15-5-6-15)23-9-10-25-18(26)16-13-3-4-14(11-13)17(16)19(25)27;/h3-4,13-17H,2,5-12H2,1H3,(H2,22,23,24);1H. The zero-order valence-electron chi connectivity index (χ0n) is 16.5. The first-order chi connectivity index (χ1) is 13.1. The van der Waals surface area contributed by atoms with Gasteiger partial charge in [0.25, 0.3) is 0 Å². The van der Waals surface area contributed by atoms with E-state index in [1.165, 1.54) is 37.0 Å². The number of fused-ring (bicyclic) bond motifs is 5. The van der Waals surface area contributed by atoms with Crippen molar-refractivity contribution in [1.82, 2.24) is 15.5 Å². The van der Waals surface area contributed by atoms with E-state index in [1.54, 1.807) is 7.05 Å².